The summed E-state index contributed by atoms with van der Waals surface area (Å²) < 4.78 is 36.2. The molecule has 3 aromatic rings. The first kappa shape index (κ1) is 20.6. The van der Waals surface area contributed by atoms with E-state index in [9.17, 15) is 13.6 Å². The molecule has 8 heteroatoms. The lowest BCUT2D eigenvalue weighted by molar-refractivity contribution is 0.378. The summed E-state index contributed by atoms with van der Waals surface area (Å²) in [6.07, 6.45) is 6.30. The molecule has 4 rings (SSSR count). The third-order valence-electron chi connectivity index (χ3n) is 5.07. The number of aromatic nitrogens is 3. The Balaban J connectivity index is 1.71. The third-order valence-corrected chi connectivity index (χ3v) is 5.07. The van der Waals surface area contributed by atoms with Gasteiger partial charge in [0, 0.05) is 36.7 Å². The highest BCUT2D eigenvalue weighted by molar-refractivity contribution is 5.62. The number of rotatable bonds is 6. The molecule has 6 nitrogen and oxygen atoms in total. The van der Waals surface area contributed by atoms with Crippen LogP contribution in [0.4, 0.5) is 20.4 Å². The Morgan fingerprint density at radius 3 is 2.77 bits per heavy atom. The van der Waals surface area contributed by atoms with Gasteiger partial charge in [0.2, 0.25) is 11.7 Å². The number of aryl methyl sites for hydroxylation is 1. The van der Waals surface area contributed by atoms with Crippen molar-refractivity contribution in [2.45, 2.75) is 26.1 Å². The van der Waals surface area contributed by atoms with Crippen LogP contribution in [0.3, 0.4) is 0 Å². The Kier molecular flexibility index (Phi) is 5.70. The van der Waals surface area contributed by atoms with Crippen LogP contribution in [-0.2, 0) is 6.54 Å². The maximum absolute atomic E-state index is 13.8. The molecule has 0 fully saturated rings. The summed E-state index contributed by atoms with van der Waals surface area (Å²) in [5.74, 6) is -0.308. The molecule has 1 unspecified atom stereocenters. The standard InChI is InChI=1S/C23H22F2N4O2/c1-15-5-6-19(28-7-3-4-8-28)12-20(15)26-23-27-22(30)21(31-2)14-29(23)13-16-9-17(24)11-18(25)10-16/h3-9,11-12,14,18H,10,13H2,1-2H3,(H,26,27,30). The largest absolute Gasteiger partial charge is 0.490 e. The molecule has 1 atom stereocenters. The van der Waals surface area contributed by atoms with Gasteiger partial charge in [-0.25, -0.2) is 8.78 Å². The maximum atomic E-state index is 13.8. The van der Waals surface area contributed by atoms with Crippen LogP contribution in [0.15, 0.2) is 77.3 Å². The Labute approximate surface area is 178 Å². The second-order valence-electron chi connectivity index (χ2n) is 7.35. The minimum atomic E-state index is -1.38. The summed E-state index contributed by atoms with van der Waals surface area (Å²) >= 11 is 0. The number of nitrogens with zero attached hydrogens (tertiary/aromatic N) is 3. The van der Waals surface area contributed by atoms with Gasteiger partial charge in [-0.1, -0.05) is 6.07 Å². The Bertz CT molecular complexity index is 1210. The molecule has 1 N–H and O–H groups in total. The van der Waals surface area contributed by atoms with Crippen molar-refractivity contribution in [1.29, 1.82) is 0 Å². The smallest absolute Gasteiger partial charge is 0.316 e. The molecular formula is C23H22F2N4O2. The predicted octanol–water partition coefficient (Wildman–Crippen LogP) is 4.62. The van der Waals surface area contributed by atoms with E-state index in [1.807, 2.05) is 54.2 Å². The van der Waals surface area contributed by atoms with Crippen molar-refractivity contribution in [1.82, 2.24) is 14.1 Å². The second-order valence-corrected chi connectivity index (χ2v) is 7.35. The number of alkyl halides is 1. The third kappa shape index (κ3) is 4.58. The molecule has 0 saturated carbocycles. The fourth-order valence-electron chi connectivity index (χ4n) is 3.48. The van der Waals surface area contributed by atoms with Gasteiger partial charge in [0.25, 0.3) is 0 Å². The molecular weight excluding hydrogens is 402 g/mol. The molecule has 1 aliphatic rings. The number of methoxy groups -OCH3 is 1. The molecule has 0 radical (unpaired) electrons. The summed E-state index contributed by atoms with van der Waals surface area (Å²) in [6.45, 7) is 2.09. The number of nitrogens with one attached hydrogen (secondary N) is 1. The molecule has 0 saturated heterocycles. The van der Waals surface area contributed by atoms with Crippen molar-refractivity contribution in [3.8, 4) is 11.4 Å². The molecule has 0 amide bonds. The number of benzene rings is 1. The topological polar surface area (TPSA) is 61.1 Å². The van der Waals surface area contributed by atoms with Gasteiger partial charge in [-0.15, -0.1) is 0 Å². The van der Waals surface area contributed by atoms with Crippen molar-refractivity contribution in [2.24, 2.45) is 0 Å². The molecule has 2 heterocycles. The molecule has 1 aromatic carbocycles. The molecule has 160 valence electrons. The van der Waals surface area contributed by atoms with E-state index in [0.717, 1.165) is 23.0 Å². The van der Waals surface area contributed by atoms with Crippen LogP contribution < -0.4 is 15.6 Å². The highest BCUT2D eigenvalue weighted by Crippen LogP contribution is 2.26. The molecule has 0 spiro atoms. The van der Waals surface area contributed by atoms with Gasteiger partial charge in [0.1, 0.15) is 12.0 Å². The van der Waals surface area contributed by atoms with Gasteiger partial charge >= 0.3 is 5.56 Å². The van der Waals surface area contributed by atoms with Crippen molar-refractivity contribution < 1.29 is 13.5 Å². The van der Waals surface area contributed by atoms with Gasteiger partial charge in [0.05, 0.1) is 13.3 Å². The normalized spacial score (nSPS) is 15.9. The van der Waals surface area contributed by atoms with Crippen LogP contribution in [0.5, 0.6) is 5.75 Å². The van der Waals surface area contributed by atoms with E-state index in [4.69, 9.17) is 4.74 Å². The lowest BCUT2D eigenvalue weighted by atomic mass is 10.0. The van der Waals surface area contributed by atoms with E-state index < -0.39 is 17.6 Å². The Hall–Kier alpha value is -3.68. The quantitative estimate of drug-likeness (QED) is 0.628. The first-order chi connectivity index (χ1) is 14.9. The average molecular weight is 424 g/mol. The van der Waals surface area contributed by atoms with Crippen LogP contribution in [0, 0.1) is 6.92 Å². The SMILES string of the molecule is COc1cn(CC2=CC(F)=CC(F)C2)c(Nc2cc(-n3cccc3)ccc2C)nc1=O. The van der Waals surface area contributed by atoms with Gasteiger partial charge < -0.3 is 19.2 Å². The zero-order valence-electron chi connectivity index (χ0n) is 17.2. The second kappa shape index (κ2) is 8.59. The highest BCUT2D eigenvalue weighted by atomic mass is 19.1. The lowest BCUT2D eigenvalue weighted by Gasteiger charge is -2.20. The summed E-state index contributed by atoms with van der Waals surface area (Å²) in [7, 11) is 1.38. The zero-order chi connectivity index (χ0) is 22.0. The van der Waals surface area contributed by atoms with Gasteiger partial charge in [-0.05, 0) is 54.5 Å². The molecule has 0 bridgehead atoms. The van der Waals surface area contributed by atoms with Crippen molar-refractivity contribution >= 4 is 11.6 Å². The highest BCUT2D eigenvalue weighted by Gasteiger charge is 2.17. The number of hydrogen-bond donors (Lipinski definition) is 1. The number of ether oxygens (including phenoxy) is 1. The van der Waals surface area contributed by atoms with Crippen molar-refractivity contribution in [2.75, 3.05) is 12.4 Å². The van der Waals surface area contributed by atoms with E-state index in [1.165, 1.54) is 19.4 Å². The predicted molar refractivity (Wildman–Crippen MR) is 116 cm³/mol. The number of halogens is 2. The zero-order valence-corrected chi connectivity index (χ0v) is 17.2. The van der Waals surface area contributed by atoms with E-state index in [2.05, 4.69) is 10.3 Å². The van der Waals surface area contributed by atoms with Crippen LogP contribution in [0.1, 0.15) is 12.0 Å². The average Bonchev–Trinajstić information content (AvgIpc) is 3.25. The van der Waals surface area contributed by atoms with Crippen LogP contribution in [0.25, 0.3) is 5.69 Å². The minimum Gasteiger partial charge on any atom is -0.490 e. The molecule has 2 aromatic heterocycles. The lowest BCUT2D eigenvalue weighted by Crippen LogP contribution is -2.20. The fourth-order valence-corrected chi connectivity index (χ4v) is 3.48. The minimum absolute atomic E-state index is 0.0487. The first-order valence-electron chi connectivity index (χ1n) is 9.80. The maximum Gasteiger partial charge on any atom is 0.316 e. The van der Waals surface area contributed by atoms with Gasteiger partial charge in [-0.3, -0.25) is 4.79 Å². The van der Waals surface area contributed by atoms with E-state index in [0.29, 0.717) is 5.57 Å². The summed E-state index contributed by atoms with van der Waals surface area (Å²) in [4.78, 5) is 16.4. The summed E-state index contributed by atoms with van der Waals surface area (Å²) in [5.41, 5.74) is 2.64. The van der Waals surface area contributed by atoms with E-state index >= 15 is 0 Å². The first-order valence-corrected chi connectivity index (χ1v) is 9.80. The van der Waals surface area contributed by atoms with E-state index in [-0.39, 0.29) is 24.7 Å². The van der Waals surface area contributed by atoms with Gasteiger partial charge in [0.15, 0.2) is 0 Å². The monoisotopic (exact) mass is 424 g/mol. The number of hydrogen-bond acceptors (Lipinski definition) is 4. The van der Waals surface area contributed by atoms with Crippen molar-refractivity contribution in [3.05, 3.63) is 88.4 Å². The van der Waals surface area contributed by atoms with Crippen LogP contribution >= 0.6 is 0 Å². The van der Waals surface area contributed by atoms with Crippen LogP contribution in [0.2, 0.25) is 0 Å². The molecule has 1 aliphatic carbocycles. The van der Waals surface area contributed by atoms with Crippen molar-refractivity contribution in [3.63, 3.8) is 0 Å². The summed E-state index contributed by atoms with van der Waals surface area (Å²) in [5, 5.41) is 3.20. The molecule has 31 heavy (non-hydrogen) atoms. The van der Waals surface area contributed by atoms with Crippen LogP contribution in [-0.4, -0.2) is 27.4 Å². The fraction of sp³-hybridized carbons (Fsp3) is 0.217. The molecule has 0 aliphatic heterocycles. The Morgan fingerprint density at radius 1 is 1.29 bits per heavy atom. The van der Waals surface area contributed by atoms with E-state index in [1.54, 1.807) is 4.57 Å². The van der Waals surface area contributed by atoms with Gasteiger partial charge in [-0.2, -0.15) is 4.98 Å². The number of allylic oxidation sites excluding steroid dienone is 4. The number of anilines is 2. The summed E-state index contributed by atoms with van der Waals surface area (Å²) in [6, 6.07) is 9.74. The Morgan fingerprint density at radius 2 is 2.06 bits per heavy atom.